The number of benzene rings is 1. The Morgan fingerprint density at radius 1 is 1.16 bits per heavy atom. The van der Waals surface area contributed by atoms with Crippen LogP contribution >= 0.6 is 0 Å². The van der Waals surface area contributed by atoms with E-state index in [4.69, 9.17) is 9.15 Å². The van der Waals surface area contributed by atoms with E-state index in [1.807, 2.05) is 5.43 Å². The van der Waals surface area contributed by atoms with Crippen molar-refractivity contribution >= 4 is 17.7 Å². The SMILES string of the molecule is COc1ccc(CC(=O)NNC(=O)C(=O)NCc2ccco2)cc1F. The second kappa shape index (κ2) is 8.48. The minimum Gasteiger partial charge on any atom is -0.494 e. The second-order valence-electron chi connectivity index (χ2n) is 4.91. The van der Waals surface area contributed by atoms with Gasteiger partial charge in [0.05, 0.1) is 26.3 Å². The van der Waals surface area contributed by atoms with Gasteiger partial charge in [-0.15, -0.1) is 0 Å². The number of carbonyl (C=O) groups is 3. The van der Waals surface area contributed by atoms with Crippen LogP contribution in [0, 0.1) is 5.82 Å². The van der Waals surface area contributed by atoms with Crippen molar-refractivity contribution < 1.29 is 27.9 Å². The van der Waals surface area contributed by atoms with Crippen LogP contribution < -0.4 is 20.9 Å². The minimum absolute atomic E-state index is 0.0400. The predicted octanol–water partition coefficient (Wildman–Crippen LogP) is 0.434. The predicted molar refractivity (Wildman–Crippen MR) is 83.5 cm³/mol. The zero-order valence-corrected chi connectivity index (χ0v) is 13.3. The number of methoxy groups -OCH3 is 1. The molecule has 0 fully saturated rings. The van der Waals surface area contributed by atoms with Gasteiger partial charge >= 0.3 is 11.8 Å². The summed E-state index contributed by atoms with van der Waals surface area (Å²) >= 11 is 0. The average Bonchev–Trinajstić information content (AvgIpc) is 3.11. The third-order valence-corrected chi connectivity index (χ3v) is 3.11. The normalized spacial score (nSPS) is 10.0. The molecule has 0 aliphatic heterocycles. The van der Waals surface area contributed by atoms with Crippen LogP contribution in [0.25, 0.3) is 0 Å². The Bertz CT molecular complexity index is 761. The Morgan fingerprint density at radius 3 is 2.60 bits per heavy atom. The molecule has 2 aromatic rings. The fourth-order valence-corrected chi connectivity index (χ4v) is 1.89. The number of ether oxygens (including phenoxy) is 1. The summed E-state index contributed by atoms with van der Waals surface area (Å²) in [6.07, 6.45) is 1.25. The van der Waals surface area contributed by atoms with E-state index in [-0.39, 0.29) is 18.7 Å². The first kappa shape index (κ1) is 18.0. The average molecular weight is 349 g/mol. The van der Waals surface area contributed by atoms with Gasteiger partial charge in [0.1, 0.15) is 5.76 Å². The van der Waals surface area contributed by atoms with Gasteiger partial charge in [-0.25, -0.2) is 4.39 Å². The standard InChI is InChI=1S/C16H16FN3O5/c1-24-13-5-4-10(7-12(13)17)8-14(21)19-20-16(23)15(22)18-9-11-3-2-6-25-11/h2-7H,8-9H2,1H3,(H,18,22)(H,19,21)(H,20,23). The molecular formula is C16H16FN3O5. The number of hydrogen-bond donors (Lipinski definition) is 3. The van der Waals surface area contributed by atoms with Gasteiger partial charge in [0.15, 0.2) is 11.6 Å². The Balaban J connectivity index is 1.76. The molecule has 3 N–H and O–H groups in total. The van der Waals surface area contributed by atoms with Crippen molar-refractivity contribution in [3.8, 4) is 5.75 Å². The number of carbonyl (C=O) groups excluding carboxylic acids is 3. The molecule has 1 aromatic heterocycles. The number of rotatable bonds is 5. The van der Waals surface area contributed by atoms with Crippen LogP contribution in [0.5, 0.6) is 5.75 Å². The van der Waals surface area contributed by atoms with Crippen LogP contribution in [0.3, 0.4) is 0 Å². The smallest absolute Gasteiger partial charge is 0.327 e. The van der Waals surface area contributed by atoms with Gasteiger partial charge in [0, 0.05) is 0 Å². The summed E-state index contributed by atoms with van der Waals surface area (Å²) in [6.45, 7) is 0.0400. The summed E-state index contributed by atoms with van der Waals surface area (Å²) in [7, 11) is 1.33. The van der Waals surface area contributed by atoms with Crippen LogP contribution in [-0.2, 0) is 27.3 Å². The van der Waals surface area contributed by atoms with E-state index in [1.54, 1.807) is 12.1 Å². The van der Waals surface area contributed by atoms with Crippen molar-refractivity contribution in [2.24, 2.45) is 0 Å². The van der Waals surface area contributed by atoms with Crippen molar-refractivity contribution in [2.75, 3.05) is 7.11 Å². The summed E-state index contributed by atoms with van der Waals surface area (Å²) in [4.78, 5) is 34.8. The summed E-state index contributed by atoms with van der Waals surface area (Å²) in [6, 6.07) is 7.33. The van der Waals surface area contributed by atoms with Gasteiger partial charge < -0.3 is 14.5 Å². The molecular weight excluding hydrogens is 333 g/mol. The number of nitrogens with one attached hydrogen (secondary N) is 3. The first-order valence-corrected chi connectivity index (χ1v) is 7.21. The van der Waals surface area contributed by atoms with Gasteiger partial charge in [-0.05, 0) is 29.8 Å². The van der Waals surface area contributed by atoms with E-state index in [2.05, 4.69) is 10.7 Å². The van der Waals surface area contributed by atoms with Gasteiger partial charge in [-0.2, -0.15) is 0 Å². The number of hydrazine groups is 1. The highest BCUT2D eigenvalue weighted by Crippen LogP contribution is 2.17. The molecule has 25 heavy (non-hydrogen) atoms. The Labute approximate surface area is 142 Å². The topological polar surface area (TPSA) is 110 Å². The van der Waals surface area contributed by atoms with E-state index in [9.17, 15) is 18.8 Å². The maximum absolute atomic E-state index is 13.5. The third kappa shape index (κ3) is 5.34. The molecule has 1 heterocycles. The highest BCUT2D eigenvalue weighted by Gasteiger charge is 2.15. The lowest BCUT2D eigenvalue weighted by atomic mass is 10.1. The van der Waals surface area contributed by atoms with Crippen molar-refractivity contribution in [3.05, 3.63) is 53.7 Å². The van der Waals surface area contributed by atoms with Gasteiger partial charge in [-0.1, -0.05) is 6.07 Å². The van der Waals surface area contributed by atoms with E-state index < -0.39 is 23.5 Å². The fraction of sp³-hybridized carbons (Fsp3) is 0.188. The van der Waals surface area contributed by atoms with E-state index >= 15 is 0 Å². The lowest BCUT2D eigenvalue weighted by molar-refractivity contribution is -0.141. The molecule has 0 atom stereocenters. The molecule has 0 unspecified atom stereocenters. The molecule has 0 radical (unpaired) electrons. The van der Waals surface area contributed by atoms with Gasteiger partial charge in [0.25, 0.3) is 0 Å². The van der Waals surface area contributed by atoms with Crippen molar-refractivity contribution in [1.29, 1.82) is 0 Å². The summed E-state index contributed by atoms with van der Waals surface area (Å²) in [5.41, 5.74) is 4.43. The molecule has 3 amide bonds. The highest BCUT2D eigenvalue weighted by molar-refractivity contribution is 6.35. The zero-order valence-electron chi connectivity index (χ0n) is 13.3. The van der Waals surface area contributed by atoms with Crippen molar-refractivity contribution in [1.82, 2.24) is 16.2 Å². The molecule has 2 rings (SSSR count). The maximum atomic E-state index is 13.5. The van der Waals surface area contributed by atoms with Crippen LogP contribution in [0.4, 0.5) is 4.39 Å². The molecule has 0 bridgehead atoms. The molecule has 1 aromatic carbocycles. The number of halogens is 1. The molecule has 132 valence electrons. The second-order valence-corrected chi connectivity index (χ2v) is 4.91. The van der Waals surface area contributed by atoms with E-state index in [0.29, 0.717) is 11.3 Å². The molecule has 0 saturated carbocycles. The monoisotopic (exact) mass is 349 g/mol. The van der Waals surface area contributed by atoms with Gasteiger partial charge in [-0.3, -0.25) is 25.2 Å². The number of hydrogen-bond acceptors (Lipinski definition) is 5. The Hall–Kier alpha value is -3.36. The third-order valence-electron chi connectivity index (χ3n) is 3.11. The first-order valence-electron chi connectivity index (χ1n) is 7.21. The van der Waals surface area contributed by atoms with Gasteiger partial charge in [0.2, 0.25) is 5.91 Å². The maximum Gasteiger partial charge on any atom is 0.327 e. The molecule has 8 nitrogen and oxygen atoms in total. The van der Waals surface area contributed by atoms with Crippen molar-refractivity contribution in [3.63, 3.8) is 0 Å². The Morgan fingerprint density at radius 2 is 1.96 bits per heavy atom. The van der Waals surface area contributed by atoms with Crippen LogP contribution in [0.2, 0.25) is 0 Å². The van der Waals surface area contributed by atoms with Crippen LogP contribution in [-0.4, -0.2) is 24.8 Å². The largest absolute Gasteiger partial charge is 0.494 e. The van der Waals surface area contributed by atoms with E-state index in [0.717, 1.165) is 6.07 Å². The summed E-state index contributed by atoms with van der Waals surface area (Å²) in [5.74, 6) is -2.66. The molecule has 0 aliphatic carbocycles. The highest BCUT2D eigenvalue weighted by atomic mass is 19.1. The quantitative estimate of drug-likeness (QED) is 0.536. The summed E-state index contributed by atoms with van der Waals surface area (Å²) < 4.78 is 23.3. The lowest BCUT2D eigenvalue weighted by Crippen LogP contribution is -2.48. The molecule has 0 spiro atoms. The fourth-order valence-electron chi connectivity index (χ4n) is 1.89. The lowest BCUT2D eigenvalue weighted by Gasteiger charge is -2.08. The van der Waals surface area contributed by atoms with Crippen molar-refractivity contribution in [2.45, 2.75) is 13.0 Å². The molecule has 0 aliphatic rings. The summed E-state index contributed by atoms with van der Waals surface area (Å²) in [5, 5.41) is 2.32. The number of amides is 3. The zero-order chi connectivity index (χ0) is 18.2. The Kier molecular flexibility index (Phi) is 6.10. The van der Waals surface area contributed by atoms with Crippen LogP contribution in [0.1, 0.15) is 11.3 Å². The first-order chi connectivity index (χ1) is 12.0. The van der Waals surface area contributed by atoms with Crippen LogP contribution in [0.15, 0.2) is 41.0 Å². The minimum atomic E-state index is -1.04. The number of furan rings is 1. The molecule has 9 heteroatoms. The van der Waals surface area contributed by atoms with E-state index in [1.165, 1.54) is 25.5 Å². The molecule has 0 saturated heterocycles.